The van der Waals surface area contributed by atoms with Crippen LogP contribution in [-0.4, -0.2) is 94.8 Å². The third kappa shape index (κ3) is 4.12. The molecule has 1 spiro atoms. The first-order valence-electron chi connectivity index (χ1n) is 10.8. The molecule has 1 aromatic rings. The standard InChI is InChI=1S/C21H22N4O6.CH2O2/c26-16-4-3-15(18(29)22-16)25-19(30)13-2-1-12(7-14(13)20(25)31)24-10-21(11-24)8-23(9-21)6-5-17(27)28;2-1-3/h1-2,7,15H,3-6,8-11H2,(H,27,28)(H,22,26,29);1H,(H,2,3). The van der Waals surface area contributed by atoms with Gasteiger partial charge in [-0.3, -0.25) is 39.0 Å². The summed E-state index contributed by atoms with van der Waals surface area (Å²) in [6.07, 6.45) is 0.370. The Morgan fingerprint density at radius 2 is 1.74 bits per heavy atom. The molecule has 34 heavy (non-hydrogen) atoms. The smallest absolute Gasteiger partial charge is 0.304 e. The molecule has 1 unspecified atom stereocenters. The second-order valence-corrected chi connectivity index (χ2v) is 8.99. The summed E-state index contributed by atoms with van der Waals surface area (Å²) < 4.78 is 0. The zero-order chi connectivity index (χ0) is 24.6. The van der Waals surface area contributed by atoms with E-state index in [0.717, 1.165) is 36.8 Å². The normalized spacial score (nSPS) is 22.9. The Labute approximate surface area is 194 Å². The SMILES string of the molecule is O=C(O)CCN1CC2(C1)CN(c1ccc3c(c1)C(=O)N(C1CCC(=O)NC1=O)C3=O)C2.O=CO. The van der Waals surface area contributed by atoms with Gasteiger partial charge in [-0.25, -0.2) is 0 Å². The number of nitrogens with one attached hydrogen (secondary N) is 1. The second kappa shape index (κ2) is 8.86. The molecule has 0 aromatic heterocycles. The van der Waals surface area contributed by atoms with Crippen LogP contribution in [0.25, 0.3) is 0 Å². The molecule has 4 amide bonds. The number of anilines is 1. The van der Waals surface area contributed by atoms with Gasteiger partial charge in [0.2, 0.25) is 11.8 Å². The third-order valence-electron chi connectivity index (χ3n) is 6.60. The number of hydrogen-bond donors (Lipinski definition) is 3. The number of carbonyl (C=O) groups excluding carboxylic acids is 4. The first-order valence-corrected chi connectivity index (χ1v) is 10.8. The van der Waals surface area contributed by atoms with Crippen molar-refractivity contribution >= 4 is 41.8 Å². The molecule has 12 heteroatoms. The van der Waals surface area contributed by atoms with Crippen LogP contribution in [0, 0.1) is 5.41 Å². The van der Waals surface area contributed by atoms with Crippen molar-refractivity contribution in [2.45, 2.75) is 25.3 Å². The monoisotopic (exact) mass is 472 g/mol. The van der Waals surface area contributed by atoms with E-state index in [9.17, 15) is 24.0 Å². The minimum absolute atomic E-state index is 0.0917. The van der Waals surface area contributed by atoms with E-state index in [2.05, 4.69) is 15.1 Å². The first kappa shape index (κ1) is 23.4. The van der Waals surface area contributed by atoms with Crippen LogP contribution in [0.15, 0.2) is 18.2 Å². The van der Waals surface area contributed by atoms with Crippen LogP contribution in [0.1, 0.15) is 40.0 Å². The fourth-order valence-corrected chi connectivity index (χ4v) is 5.12. The highest BCUT2D eigenvalue weighted by Crippen LogP contribution is 2.42. The van der Waals surface area contributed by atoms with Crippen LogP contribution in [0.4, 0.5) is 5.69 Å². The average Bonchev–Trinajstić information content (AvgIpc) is 2.96. The molecule has 3 saturated heterocycles. The highest BCUT2D eigenvalue weighted by atomic mass is 16.4. The largest absolute Gasteiger partial charge is 0.483 e. The van der Waals surface area contributed by atoms with Gasteiger partial charge in [-0.2, -0.15) is 0 Å². The molecular formula is C22H24N4O8. The summed E-state index contributed by atoms with van der Waals surface area (Å²) in [5.74, 6) is -2.82. The summed E-state index contributed by atoms with van der Waals surface area (Å²) in [7, 11) is 0. The lowest BCUT2D eigenvalue weighted by Gasteiger charge is -2.61. The Balaban J connectivity index is 0.000000868. The van der Waals surface area contributed by atoms with Gasteiger partial charge in [-0.05, 0) is 24.6 Å². The molecule has 3 N–H and O–H groups in total. The van der Waals surface area contributed by atoms with E-state index in [0.29, 0.717) is 6.54 Å². The molecule has 4 heterocycles. The van der Waals surface area contributed by atoms with Gasteiger partial charge in [0.25, 0.3) is 18.3 Å². The number of nitrogens with zero attached hydrogens (tertiary/aromatic N) is 3. The van der Waals surface area contributed by atoms with Crippen molar-refractivity contribution in [3.05, 3.63) is 29.3 Å². The highest BCUT2D eigenvalue weighted by molar-refractivity contribution is 6.23. The molecule has 4 aliphatic rings. The number of likely N-dealkylation sites (tertiary alicyclic amines) is 1. The van der Waals surface area contributed by atoms with Gasteiger partial charge in [-0.1, -0.05) is 0 Å². The Bertz CT molecular complexity index is 1070. The van der Waals surface area contributed by atoms with Crippen molar-refractivity contribution in [2.24, 2.45) is 5.41 Å². The number of carboxylic acid groups (broad SMARTS) is 2. The van der Waals surface area contributed by atoms with Crippen molar-refractivity contribution in [3.8, 4) is 0 Å². The van der Waals surface area contributed by atoms with E-state index >= 15 is 0 Å². The predicted octanol–water partition coefficient (Wildman–Crippen LogP) is -0.615. The van der Waals surface area contributed by atoms with E-state index in [1.807, 2.05) is 6.07 Å². The number of hydrogen-bond acceptors (Lipinski definition) is 8. The highest BCUT2D eigenvalue weighted by Gasteiger charge is 2.52. The van der Waals surface area contributed by atoms with Crippen molar-refractivity contribution in [3.63, 3.8) is 0 Å². The first-order chi connectivity index (χ1) is 16.2. The number of carboxylic acids is 1. The minimum Gasteiger partial charge on any atom is -0.483 e. The molecule has 5 rings (SSSR count). The zero-order valence-electron chi connectivity index (χ0n) is 18.2. The van der Waals surface area contributed by atoms with Crippen LogP contribution in [-0.2, 0) is 19.2 Å². The Morgan fingerprint density at radius 3 is 2.35 bits per heavy atom. The number of aliphatic carboxylic acids is 1. The third-order valence-corrected chi connectivity index (χ3v) is 6.60. The molecule has 0 bridgehead atoms. The van der Waals surface area contributed by atoms with Crippen LogP contribution >= 0.6 is 0 Å². The summed E-state index contributed by atoms with van der Waals surface area (Å²) in [5.41, 5.74) is 1.57. The molecule has 4 aliphatic heterocycles. The van der Waals surface area contributed by atoms with Gasteiger partial charge in [-0.15, -0.1) is 0 Å². The van der Waals surface area contributed by atoms with Gasteiger partial charge < -0.3 is 20.0 Å². The minimum atomic E-state index is -0.965. The van der Waals surface area contributed by atoms with Crippen molar-refractivity contribution < 1.29 is 39.0 Å². The van der Waals surface area contributed by atoms with Crippen molar-refractivity contribution in [1.82, 2.24) is 15.1 Å². The number of rotatable bonds is 5. The molecule has 1 aromatic carbocycles. The molecule has 180 valence electrons. The predicted molar refractivity (Wildman–Crippen MR) is 115 cm³/mol. The number of fused-ring (bicyclic) bond motifs is 1. The molecule has 0 saturated carbocycles. The van der Waals surface area contributed by atoms with Gasteiger partial charge in [0.15, 0.2) is 0 Å². The summed E-state index contributed by atoms with van der Waals surface area (Å²) in [4.78, 5) is 73.6. The Morgan fingerprint density at radius 1 is 1.09 bits per heavy atom. The van der Waals surface area contributed by atoms with Gasteiger partial charge in [0, 0.05) is 50.2 Å². The fraction of sp³-hybridized carbons (Fsp3) is 0.455. The molecule has 0 aliphatic carbocycles. The molecule has 1 atom stereocenters. The van der Waals surface area contributed by atoms with Crippen molar-refractivity contribution in [1.29, 1.82) is 0 Å². The summed E-state index contributed by atoms with van der Waals surface area (Å²) in [6, 6.07) is 4.18. The summed E-state index contributed by atoms with van der Waals surface area (Å²) in [5, 5.41) is 17.9. The fourth-order valence-electron chi connectivity index (χ4n) is 5.12. The maximum absolute atomic E-state index is 12.9. The molecular weight excluding hydrogens is 448 g/mol. The lowest BCUT2D eigenvalue weighted by molar-refractivity contribution is -0.138. The average molecular weight is 472 g/mol. The van der Waals surface area contributed by atoms with Crippen LogP contribution in [0.3, 0.4) is 0 Å². The lowest BCUT2D eigenvalue weighted by Crippen LogP contribution is -2.72. The second-order valence-electron chi connectivity index (χ2n) is 8.99. The Hall–Kier alpha value is -3.80. The molecule has 3 fully saturated rings. The van der Waals surface area contributed by atoms with E-state index in [-0.39, 0.29) is 42.3 Å². The van der Waals surface area contributed by atoms with Crippen LogP contribution in [0.2, 0.25) is 0 Å². The molecule has 12 nitrogen and oxygen atoms in total. The quantitative estimate of drug-likeness (QED) is 0.372. The van der Waals surface area contributed by atoms with Crippen LogP contribution < -0.4 is 10.2 Å². The number of benzene rings is 1. The van der Waals surface area contributed by atoms with Gasteiger partial charge >= 0.3 is 5.97 Å². The Kier molecular flexibility index (Phi) is 6.09. The maximum atomic E-state index is 12.9. The van der Waals surface area contributed by atoms with Gasteiger partial charge in [0.1, 0.15) is 6.04 Å². The number of carbonyl (C=O) groups is 6. The van der Waals surface area contributed by atoms with E-state index in [1.165, 1.54) is 0 Å². The maximum Gasteiger partial charge on any atom is 0.304 e. The number of amides is 4. The van der Waals surface area contributed by atoms with E-state index < -0.39 is 35.6 Å². The number of piperidine rings is 1. The van der Waals surface area contributed by atoms with Crippen LogP contribution in [0.5, 0.6) is 0 Å². The zero-order valence-corrected chi connectivity index (χ0v) is 18.2. The number of imide groups is 2. The van der Waals surface area contributed by atoms with E-state index in [1.54, 1.807) is 12.1 Å². The molecule has 0 radical (unpaired) electrons. The van der Waals surface area contributed by atoms with Crippen molar-refractivity contribution in [2.75, 3.05) is 37.6 Å². The summed E-state index contributed by atoms with van der Waals surface area (Å²) in [6.45, 7) is 3.66. The summed E-state index contributed by atoms with van der Waals surface area (Å²) >= 11 is 0. The topological polar surface area (TPSA) is 165 Å². The van der Waals surface area contributed by atoms with Gasteiger partial charge in [0.05, 0.1) is 17.5 Å². The lowest BCUT2D eigenvalue weighted by atomic mass is 9.72. The van der Waals surface area contributed by atoms with E-state index in [4.69, 9.17) is 15.0 Å².